The molecule has 0 spiro atoms. The molecule has 20 heavy (non-hydrogen) atoms. The van der Waals surface area contributed by atoms with Crippen LogP contribution >= 0.6 is 0 Å². The van der Waals surface area contributed by atoms with Crippen molar-refractivity contribution in [3.63, 3.8) is 0 Å². The van der Waals surface area contributed by atoms with E-state index in [1.54, 1.807) is 7.11 Å². The van der Waals surface area contributed by atoms with Crippen molar-refractivity contribution in [1.82, 2.24) is 10.2 Å². The van der Waals surface area contributed by atoms with E-state index in [4.69, 9.17) is 10.5 Å². The van der Waals surface area contributed by atoms with Gasteiger partial charge in [0.25, 0.3) is 0 Å². The molecule has 1 aliphatic carbocycles. The number of ether oxygens (including phenoxy) is 1. The molecule has 2 aliphatic rings. The van der Waals surface area contributed by atoms with Crippen LogP contribution in [0.1, 0.15) is 32.1 Å². The Hall–Kier alpha value is -1.14. The Labute approximate surface area is 120 Å². The van der Waals surface area contributed by atoms with Crippen molar-refractivity contribution in [3.8, 4) is 0 Å². The van der Waals surface area contributed by atoms with E-state index in [2.05, 4.69) is 10.2 Å². The largest absolute Gasteiger partial charge is 0.381 e. The molecule has 6 heteroatoms. The third kappa shape index (κ3) is 4.18. The normalized spacial score (nSPS) is 27.9. The SMILES string of the molecule is CO[C@@H]1CCN(CC(=O)NC2CCC2)C[C@H]1CC(N)=O. The highest BCUT2D eigenvalue weighted by atomic mass is 16.5. The van der Waals surface area contributed by atoms with Crippen LogP contribution in [0.4, 0.5) is 0 Å². The van der Waals surface area contributed by atoms with Crippen molar-refractivity contribution in [1.29, 1.82) is 0 Å². The number of nitrogens with two attached hydrogens (primary N) is 1. The standard InChI is InChI=1S/C14H25N3O3/c1-20-12-5-6-17(8-10(12)7-13(15)18)9-14(19)16-11-3-2-4-11/h10-12H,2-9H2,1H3,(H2,15,18)(H,16,19)/t10-,12-/m1/s1. The molecule has 0 radical (unpaired) electrons. The number of hydrogen-bond acceptors (Lipinski definition) is 4. The second-order valence-electron chi connectivity index (χ2n) is 5.92. The fourth-order valence-electron chi connectivity index (χ4n) is 3.02. The van der Waals surface area contributed by atoms with E-state index in [1.807, 2.05) is 0 Å². The molecule has 0 aromatic carbocycles. The minimum absolute atomic E-state index is 0.0634. The molecule has 0 bridgehead atoms. The van der Waals surface area contributed by atoms with E-state index < -0.39 is 0 Å². The van der Waals surface area contributed by atoms with Crippen LogP contribution in [-0.4, -0.2) is 55.6 Å². The molecule has 0 aromatic heterocycles. The van der Waals surface area contributed by atoms with Crippen LogP contribution in [0.15, 0.2) is 0 Å². The molecule has 1 saturated carbocycles. The summed E-state index contributed by atoms with van der Waals surface area (Å²) < 4.78 is 5.41. The van der Waals surface area contributed by atoms with Crippen molar-refractivity contribution in [2.75, 3.05) is 26.7 Å². The number of nitrogens with zero attached hydrogens (tertiary/aromatic N) is 1. The van der Waals surface area contributed by atoms with E-state index in [1.165, 1.54) is 6.42 Å². The summed E-state index contributed by atoms with van der Waals surface area (Å²) in [4.78, 5) is 25.1. The summed E-state index contributed by atoms with van der Waals surface area (Å²) in [6, 6.07) is 0.375. The molecule has 2 rings (SSSR count). The molecular formula is C14H25N3O3. The van der Waals surface area contributed by atoms with Crippen molar-refractivity contribution in [3.05, 3.63) is 0 Å². The quantitative estimate of drug-likeness (QED) is 0.711. The van der Waals surface area contributed by atoms with Gasteiger partial charge in [-0.3, -0.25) is 14.5 Å². The third-order valence-corrected chi connectivity index (χ3v) is 4.35. The average Bonchev–Trinajstić information content (AvgIpc) is 2.33. The molecule has 0 unspecified atom stereocenters. The Morgan fingerprint density at radius 2 is 2.10 bits per heavy atom. The molecule has 6 nitrogen and oxygen atoms in total. The predicted molar refractivity (Wildman–Crippen MR) is 74.9 cm³/mol. The van der Waals surface area contributed by atoms with Gasteiger partial charge >= 0.3 is 0 Å². The molecule has 2 atom stereocenters. The maximum absolute atomic E-state index is 11.9. The number of piperidine rings is 1. The molecule has 1 aliphatic heterocycles. The third-order valence-electron chi connectivity index (χ3n) is 4.35. The van der Waals surface area contributed by atoms with Crippen LogP contribution in [0, 0.1) is 5.92 Å². The molecule has 0 aromatic rings. The van der Waals surface area contributed by atoms with Crippen LogP contribution in [0.5, 0.6) is 0 Å². The zero-order valence-electron chi connectivity index (χ0n) is 12.1. The van der Waals surface area contributed by atoms with Crippen LogP contribution in [0.25, 0.3) is 0 Å². The number of amides is 2. The Kier molecular flexibility index (Phi) is 5.37. The van der Waals surface area contributed by atoms with Crippen LogP contribution in [0.3, 0.4) is 0 Å². The van der Waals surface area contributed by atoms with Gasteiger partial charge in [0.15, 0.2) is 0 Å². The minimum Gasteiger partial charge on any atom is -0.381 e. The summed E-state index contributed by atoms with van der Waals surface area (Å²) in [7, 11) is 1.66. The van der Waals surface area contributed by atoms with Crippen molar-refractivity contribution in [2.45, 2.75) is 44.2 Å². The number of carbonyl (C=O) groups excluding carboxylic acids is 2. The Morgan fingerprint density at radius 3 is 2.65 bits per heavy atom. The van der Waals surface area contributed by atoms with Gasteiger partial charge in [-0.15, -0.1) is 0 Å². The van der Waals surface area contributed by atoms with Crippen LogP contribution in [-0.2, 0) is 14.3 Å². The molecule has 1 saturated heterocycles. The van der Waals surface area contributed by atoms with Gasteiger partial charge in [-0.25, -0.2) is 0 Å². The number of primary amides is 1. The van der Waals surface area contributed by atoms with Crippen molar-refractivity contribution < 1.29 is 14.3 Å². The number of rotatable bonds is 6. The van der Waals surface area contributed by atoms with Gasteiger partial charge in [-0.2, -0.15) is 0 Å². The van der Waals surface area contributed by atoms with E-state index >= 15 is 0 Å². The van der Waals surface area contributed by atoms with E-state index in [0.717, 1.165) is 25.8 Å². The molecule has 2 amide bonds. The number of likely N-dealkylation sites (tertiary alicyclic amines) is 1. The molecule has 114 valence electrons. The molecule has 2 fully saturated rings. The van der Waals surface area contributed by atoms with E-state index in [-0.39, 0.29) is 23.8 Å². The zero-order valence-corrected chi connectivity index (χ0v) is 12.1. The molecule has 1 heterocycles. The highest BCUT2D eigenvalue weighted by Gasteiger charge is 2.31. The summed E-state index contributed by atoms with van der Waals surface area (Å²) in [5, 5.41) is 3.04. The number of nitrogens with one attached hydrogen (secondary N) is 1. The van der Waals surface area contributed by atoms with E-state index in [0.29, 0.717) is 25.6 Å². The lowest BCUT2D eigenvalue weighted by Crippen LogP contribution is -2.50. The monoisotopic (exact) mass is 283 g/mol. The van der Waals surface area contributed by atoms with Gasteiger partial charge in [0.05, 0.1) is 12.6 Å². The Bertz CT molecular complexity index is 358. The molecular weight excluding hydrogens is 258 g/mol. The lowest BCUT2D eigenvalue weighted by atomic mass is 9.91. The van der Waals surface area contributed by atoms with Gasteiger partial charge in [0.1, 0.15) is 0 Å². The maximum atomic E-state index is 11.9. The average molecular weight is 283 g/mol. The van der Waals surface area contributed by atoms with Gasteiger partial charge in [0, 0.05) is 38.6 Å². The first-order chi connectivity index (χ1) is 9.58. The second-order valence-corrected chi connectivity index (χ2v) is 5.92. The smallest absolute Gasteiger partial charge is 0.234 e. The lowest BCUT2D eigenvalue weighted by molar-refractivity contribution is -0.125. The fraction of sp³-hybridized carbons (Fsp3) is 0.857. The summed E-state index contributed by atoms with van der Waals surface area (Å²) in [6.07, 6.45) is 4.63. The summed E-state index contributed by atoms with van der Waals surface area (Å²) >= 11 is 0. The van der Waals surface area contributed by atoms with E-state index in [9.17, 15) is 9.59 Å². The highest BCUT2D eigenvalue weighted by Crippen LogP contribution is 2.23. The van der Waals surface area contributed by atoms with Gasteiger partial charge in [-0.05, 0) is 25.7 Å². The summed E-state index contributed by atoms with van der Waals surface area (Å²) in [6.45, 7) is 1.92. The van der Waals surface area contributed by atoms with Crippen LogP contribution in [0.2, 0.25) is 0 Å². The number of hydrogen-bond donors (Lipinski definition) is 2. The topological polar surface area (TPSA) is 84.7 Å². The number of methoxy groups -OCH3 is 1. The first-order valence-electron chi connectivity index (χ1n) is 7.41. The summed E-state index contributed by atoms with van der Waals surface area (Å²) in [5.74, 6) is -0.135. The number of carbonyl (C=O) groups is 2. The van der Waals surface area contributed by atoms with Gasteiger partial charge < -0.3 is 15.8 Å². The Morgan fingerprint density at radius 1 is 1.35 bits per heavy atom. The van der Waals surface area contributed by atoms with Gasteiger partial charge in [0.2, 0.25) is 11.8 Å². The fourth-order valence-corrected chi connectivity index (χ4v) is 3.02. The summed E-state index contributed by atoms with van der Waals surface area (Å²) in [5.41, 5.74) is 5.29. The zero-order chi connectivity index (χ0) is 14.5. The lowest BCUT2D eigenvalue weighted by Gasteiger charge is -2.37. The molecule has 3 N–H and O–H groups in total. The van der Waals surface area contributed by atoms with Crippen molar-refractivity contribution in [2.24, 2.45) is 11.7 Å². The Balaban J connectivity index is 1.79. The van der Waals surface area contributed by atoms with Gasteiger partial charge in [-0.1, -0.05) is 0 Å². The predicted octanol–water partition coefficient (Wildman–Crippen LogP) is -0.133. The van der Waals surface area contributed by atoms with Crippen LogP contribution < -0.4 is 11.1 Å². The first kappa shape index (κ1) is 15.3. The minimum atomic E-state index is -0.308. The first-order valence-corrected chi connectivity index (χ1v) is 7.41. The highest BCUT2D eigenvalue weighted by molar-refractivity contribution is 5.78. The second kappa shape index (κ2) is 7.04. The maximum Gasteiger partial charge on any atom is 0.234 e. The van der Waals surface area contributed by atoms with Crippen molar-refractivity contribution >= 4 is 11.8 Å².